The Morgan fingerprint density at radius 2 is 1.82 bits per heavy atom. The lowest BCUT2D eigenvalue weighted by Gasteiger charge is -2.31. The molecule has 10 heteroatoms. The van der Waals surface area contributed by atoms with Crippen LogP contribution < -0.4 is 4.90 Å². The molecule has 0 spiro atoms. The summed E-state index contributed by atoms with van der Waals surface area (Å²) in [6.45, 7) is 2.74. The quantitative estimate of drug-likeness (QED) is 0.294. The van der Waals surface area contributed by atoms with Crippen LogP contribution in [0.15, 0.2) is 67.6 Å². The SMILES string of the molecule is CCc1ccc2cncc(N3CCc4c(cc(Cn5ccnc5)cc4-c4cn(C)nc4C(F)(F)F)C3=O)c2c1. The largest absolute Gasteiger partial charge is 0.435 e. The molecule has 0 saturated carbocycles. The lowest BCUT2D eigenvalue weighted by Crippen LogP contribution is -2.38. The van der Waals surface area contributed by atoms with E-state index in [1.165, 1.54) is 13.2 Å². The van der Waals surface area contributed by atoms with Crippen molar-refractivity contribution in [2.45, 2.75) is 32.5 Å². The average molecular weight is 531 g/mol. The number of benzene rings is 2. The number of anilines is 1. The van der Waals surface area contributed by atoms with Crippen molar-refractivity contribution in [3.05, 3.63) is 95.6 Å². The number of halogens is 3. The number of amides is 1. The van der Waals surface area contributed by atoms with Gasteiger partial charge in [-0.2, -0.15) is 18.3 Å². The van der Waals surface area contributed by atoms with E-state index in [2.05, 4.69) is 28.1 Å². The van der Waals surface area contributed by atoms with Gasteiger partial charge in [0.1, 0.15) is 0 Å². The topological polar surface area (TPSA) is 68.8 Å². The second kappa shape index (κ2) is 9.37. The molecule has 5 aromatic rings. The van der Waals surface area contributed by atoms with Gasteiger partial charge in [0.15, 0.2) is 5.69 Å². The van der Waals surface area contributed by atoms with E-state index in [4.69, 9.17) is 0 Å². The Labute approximate surface area is 222 Å². The number of pyridine rings is 1. The van der Waals surface area contributed by atoms with Crippen molar-refractivity contribution in [2.24, 2.45) is 7.05 Å². The summed E-state index contributed by atoms with van der Waals surface area (Å²) >= 11 is 0. The summed E-state index contributed by atoms with van der Waals surface area (Å²) in [5, 5.41) is 5.56. The van der Waals surface area contributed by atoms with Crippen LogP contribution in [0, 0.1) is 0 Å². The zero-order valence-electron chi connectivity index (χ0n) is 21.4. The number of hydrogen-bond acceptors (Lipinski definition) is 4. The third kappa shape index (κ3) is 4.45. The van der Waals surface area contributed by atoms with Crippen molar-refractivity contribution in [2.75, 3.05) is 11.4 Å². The predicted octanol–water partition coefficient (Wildman–Crippen LogP) is 5.66. The number of hydrogen-bond donors (Lipinski definition) is 0. The maximum atomic E-state index is 14.1. The Hall–Kier alpha value is -4.47. The van der Waals surface area contributed by atoms with Gasteiger partial charge in [-0.05, 0) is 53.3 Å². The minimum Gasteiger partial charge on any atom is -0.333 e. The minimum atomic E-state index is -4.64. The van der Waals surface area contributed by atoms with Gasteiger partial charge in [0.05, 0.1) is 18.2 Å². The van der Waals surface area contributed by atoms with Gasteiger partial charge in [0.25, 0.3) is 5.91 Å². The maximum Gasteiger partial charge on any atom is 0.435 e. The van der Waals surface area contributed by atoms with E-state index in [0.717, 1.165) is 27.4 Å². The number of alkyl halides is 3. The van der Waals surface area contributed by atoms with Crippen LogP contribution in [0.1, 0.15) is 39.7 Å². The van der Waals surface area contributed by atoms with E-state index >= 15 is 0 Å². The summed E-state index contributed by atoms with van der Waals surface area (Å²) in [6.07, 6.45) is 6.45. The summed E-state index contributed by atoms with van der Waals surface area (Å²) in [5.74, 6) is -0.265. The van der Waals surface area contributed by atoms with Gasteiger partial charge in [-0.1, -0.05) is 19.1 Å². The third-order valence-electron chi connectivity index (χ3n) is 7.19. The Morgan fingerprint density at radius 3 is 2.56 bits per heavy atom. The predicted molar refractivity (Wildman–Crippen MR) is 141 cm³/mol. The smallest absolute Gasteiger partial charge is 0.333 e. The molecule has 1 amide bonds. The standard InChI is InChI=1S/C29H25F3N6O/c1-3-18-4-5-20-13-34-14-26(22(20)10-18)38-8-6-21-23(25-16-36(2)35-27(25)29(30,31)32)11-19(12-24(21)28(38)39)15-37-9-7-33-17-37/h4-5,7,9-14,16-17H,3,6,8,15H2,1-2H3. The first-order chi connectivity index (χ1) is 18.7. The Kier molecular flexibility index (Phi) is 5.97. The monoisotopic (exact) mass is 530 g/mol. The summed E-state index contributed by atoms with van der Waals surface area (Å²) in [4.78, 5) is 24.2. The van der Waals surface area contributed by atoms with Crippen LogP contribution >= 0.6 is 0 Å². The molecule has 1 aliphatic rings. The molecule has 3 aromatic heterocycles. The Balaban J connectivity index is 1.52. The lowest BCUT2D eigenvalue weighted by molar-refractivity contribution is -0.140. The number of carbonyl (C=O) groups excluding carboxylic acids is 1. The van der Waals surface area contributed by atoms with Gasteiger partial charge in [-0.3, -0.25) is 14.5 Å². The van der Waals surface area contributed by atoms with Gasteiger partial charge >= 0.3 is 6.18 Å². The minimum absolute atomic E-state index is 0.0330. The fourth-order valence-corrected chi connectivity index (χ4v) is 5.34. The maximum absolute atomic E-state index is 14.1. The zero-order valence-corrected chi connectivity index (χ0v) is 21.4. The molecule has 0 N–H and O–H groups in total. The highest BCUT2D eigenvalue weighted by molar-refractivity contribution is 6.13. The van der Waals surface area contributed by atoms with Crippen LogP contribution in [0.2, 0.25) is 0 Å². The molecular weight excluding hydrogens is 505 g/mol. The van der Waals surface area contributed by atoms with E-state index in [0.29, 0.717) is 47.5 Å². The number of carbonyl (C=O) groups is 1. The lowest BCUT2D eigenvalue weighted by atomic mass is 9.88. The van der Waals surface area contributed by atoms with Crippen LogP contribution in [-0.2, 0) is 32.6 Å². The molecule has 0 fully saturated rings. The number of nitrogens with zero attached hydrogens (tertiary/aromatic N) is 6. The molecule has 198 valence electrons. The number of aryl methyl sites for hydroxylation is 2. The van der Waals surface area contributed by atoms with Crippen molar-refractivity contribution in [3.63, 3.8) is 0 Å². The molecule has 7 nitrogen and oxygen atoms in total. The highest BCUT2D eigenvalue weighted by Crippen LogP contribution is 2.41. The molecule has 6 rings (SSSR count). The molecule has 0 radical (unpaired) electrons. The van der Waals surface area contributed by atoms with Crippen molar-refractivity contribution in [3.8, 4) is 11.1 Å². The Bertz CT molecular complexity index is 1700. The van der Waals surface area contributed by atoms with E-state index in [1.807, 2.05) is 16.7 Å². The normalized spacial score (nSPS) is 13.8. The average Bonchev–Trinajstić information content (AvgIpc) is 3.58. The number of aromatic nitrogens is 5. The molecule has 0 bridgehead atoms. The molecule has 2 aromatic carbocycles. The summed E-state index contributed by atoms with van der Waals surface area (Å²) in [5.41, 5.74) is 2.87. The Morgan fingerprint density at radius 1 is 1.00 bits per heavy atom. The van der Waals surface area contributed by atoms with Crippen molar-refractivity contribution >= 4 is 22.4 Å². The molecular formula is C29H25F3N6O. The summed E-state index contributed by atoms with van der Waals surface area (Å²) in [6, 6.07) is 9.63. The highest BCUT2D eigenvalue weighted by atomic mass is 19.4. The highest BCUT2D eigenvalue weighted by Gasteiger charge is 2.39. The molecule has 0 aliphatic carbocycles. The molecule has 0 atom stereocenters. The van der Waals surface area contributed by atoms with Crippen LogP contribution in [0.5, 0.6) is 0 Å². The molecule has 1 aliphatic heterocycles. The number of fused-ring (bicyclic) bond motifs is 2. The summed E-state index contributed by atoms with van der Waals surface area (Å²) < 4.78 is 44.9. The van der Waals surface area contributed by atoms with Gasteiger partial charge in [-0.25, -0.2) is 4.98 Å². The fraction of sp³-hybridized carbons (Fsp3) is 0.241. The molecule has 39 heavy (non-hydrogen) atoms. The summed E-state index contributed by atoms with van der Waals surface area (Å²) in [7, 11) is 1.46. The van der Waals surface area contributed by atoms with Crippen molar-refractivity contribution in [1.29, 1.82) is 0 Å². The van der Waals surface area contributed by atoms with Crippen LogP contribution in [0.25, 0.3) is 21.9 Å². The van der Waals surface area contributed by atoms with Crippen LogP contribution in [-0.4, -0.2) is 36.8 Å². The second-order valence-corrected chi connectivity index (χ2v) is 9.74. The van der Waals surface area contributed by atoms with Crippen LogP contribution in [0.3, 0.4) is 0 Å². The van der Waals surface area contributed by atoms with E-state index in [1.54, 1.807) is 48.1 Å². The second-order valence-electron chi connectivity index (χ2n) is 9.74. The van der Waals surface area contributed by atoms with Crippen molar-refractivity contribution < 1.29 is 18.0 Å². The molecule has 0 unspecified atom stereocenters. The number of imidazole rings is 1. The molecule has 4 heterocycles. The first-order valence-electron chi connectivity index (χ1n) is 12.6. The molecule has 0 saturated heterocycles. The van der Waals surface area contributed by atoms with Gasteiger partial charge in [-0.15, -0.1) is 0 Å². The first kappa shape index (κ1) is 24.8. The van der Waals surface area contributed by atoms with E-state index in [9.17, 15) is 18.0 Å². The first-order valence-corrected chi connectivity index (χ1v) is 12.6. The van der Waals surface area contributed by atoms with Gasteiger partial charge in [0.2, 0.25) is 0 Å². The zero-order chi connectivity index (χ0) is 27.3. The van der Waals surface area contributed by atoms with E-state index < -0.39 is 11.9 Å². The fourth-order valence-electron chi connectivity index (χ4n) is 5.34. The van der Waals surface area contributed by atoms with Gasteiger partial charge in [0, 0.05) is 66.8 Å². The van der Waals surface area contributed by atoms with E-state index in [-0.39, 0.29) is 11.5 Å². The van der Waals surface area contributed by atoms with Crippen molar-refractivity contribution in [1.82, 2.24) is 24.3 Å². The third-order valence-corrected chi connectivity index (χ3v) is 7.19. The van der Waals surface area contributed by atoms with Gasteiger partial charge < -0.3 is 9.47 Å². The number of rotatable bonds is 5. The van der Waals surface area contributed by atoms with Crippen LogP contribution in [0.4, 0.5) is 18.9 Å².